The average Bonchev–Trinajstić information content (AvgIpc) is 3.42. The molecule has 0 aliphatic rings. The van der Waals surface area contributed by atoms with Crippen molar-refractivity contribution in [3.05, 3.63) is 93.1 Å². The molecule has 0 spiro atoms. The van der Waals surface area contributed by atoms with E-state index in [1.807, 2.05) is 26.0 Å². The third-order valence-corrected chi connectivity index (χ3v) is 5.87. The van der Waals surface area contributed by atoms with E-state index in [4.69, 9.17) is 0 Å². The van der Waals surface area contributed by atoms with E-state index in [1.54, 1.807) is 42.9 Å². The number of amides is 1. The van der Waals surface area contributed by atoms with Crippen LogP contribution in [-0.4, -0.2) is 40.4 Å². The fourth-order valence-corrected chi connectivity index (χ4v) is 4.11. The van der Waals surface area contributed by atoms with Gasteiger partial charge in [0.2, 0.25) is 0 Å². The van der Waals surface area contributed by atoms with Gasteiger partial charge in [-0.05, 0) is 45.4 Å². The molecule has 1 amide bonds. The van der Waals surface area contributed by atoms with E-state index in [-0.39, 0.29) is 11.3 Å². The number of aryl methyl sites for hydroxylation is 4. The molecule has 3 aromatic heterocycles. The molecule has 180 valence electrons. The summed E-state index contributed by atoms with van der Waals surface area (Å²) >= 11 is 0. The van der Waals surface area contributed by atoms with Crippen LogP contribution in [0.1, 0.15) is 32.7 Å². The standard InChI is InChI=1S/C25H22N8O3/c1-14-5-8-20(16(3)9-14)31-23-19(12-28-31)24(27-13-26-23)32-22(10-17(4)30-32)29-25(34)18-7-6-15(2)21(11-18)33(35)36/h5-13H,1-4H3,(H,29,34). The van der Waals surface area contributed by atoms with Gasteiger partial charge in [0, 0.05) is 23.3 Å². The van der Waals surface area contributed by atoms with Gasteiger partial charge in [-0.2, -0.15) is 14.9 Å². The molecular weight excluding hydrogens is 460 g/mol. The van der Waals surface area contributed by atoms with Crippen LogP contribution in [0, 0.1) is 37.8 Å². The van der Waals surface area contributed by atoms with E-state index in [9.17, 15) is 14.9 Å². The first-order valence-electron chi connectivity index (χ1n) is 11.1. The molecule has 0 fully saturated rings. The van der Waals surface area contributed by atoms with Gasteiger partial charge >= 0.3 is 0 Å². The lowest BCUT2D eigenvalue weighted by Crippen LogP contribution is -2.16. The van der Waals surface area contributed by atoms with Crippen molar-refractivity contribution in [3.63, 3.8) is 0 Å². The molecule has 0 unspecified atom stereocenters. The van der Waals surface area contributed by atoms with Crippen LogP contribution in [0.15, 0.2) is 55.0 Å². The van der Waals surface area contributed by atoms with Gasteiger partial charge in [0.25, 0.3) is 11.6 Å². The number of carbonyl (C=O) groups is 1. The number of fused-ring (bicyclic) bond motifs is 1. The van der Waals surface area contributed by atoms with Gasteiger partial charge < -0.3 is 5.32 Å². The molecule has 0 radical (unpaired) electrons. The molecule has 0 bridgehead atoms. The SMILES string of the molecule is Cc1ccc(-n2ncc3c(-n4nc(C)cc4NC(=O)c4ccc(C)c([N+](=O)[O-])c4)ncnc32)c(C)c1. The number of hydrogen-bond acceptors (Lipinski definition) is 7. The van der Waals surface area contributed by atoms with Gasteiger partial charge in [-0.15, -0.1) is 0 Å². The van der Waals surface area contributed by atoms with E-state index in [0.29, 0.717) is 33.9 Å². The third-order valence-electron chi connectivity index (χ3n) is 5.87. The van der Waals surface area contributed by atoms with Gasteiger partial charge in [-0.3, -0.25) is 14.9 Å². The van der Waals surface area contributed by atoms with Crippen LogP contribution < -0.4 is 5.32 Å². The fraction of sp³-hybridized carbons (Fsp3) is 0.160. The Bertz CT molecular complexity index is 1670. The van der Waals surface area contributed by atoms with Crippen LogP contribution in [0.4, 0.5) is 11.5 Å². The summed E-state index contributed by atoms with van der Waals surface area (Å²) in [6, 6.07) is 12.1. The van der Waals surface area contributed by atoms with Crippen molar-refractivity contribution in [2.75, 3.05) is 5.32 Å². The van der Waals surface area contributed by atoms with Gasteiger partial charge in [0.15, 0.2) is 11.5 Å². The minimum Gasteiger partial charge on any atom is -0.306 e. The Morgan fingerprint density at radius 2 is 1.78 bits per heavy atom. The summed E-state index contributed by atoms with van der Waals surface area (Å²) in [5.74, 6) is 0.296. The summed E-state index contributed by atoms with van der Waals surface area (Å²) < 4.78 is 3.25. The first-order valence-corrected chi connectivity index (χ1v) is 11.1. The van der Waals surface area contributed by atoms with Crippen molar-refractivity contribution < 1.29 is 9.72 Å². The molecule has 5 aromatic rings. The van der Waals surface area contributed by atoms with Crippen molar-refractivity contribution in [2.45, 2.75) is 27.7 Å². The average molecular weight is 483 g/mol. The zero-order chi connectivity index (χ0) is 25.6. The number of carbonyl (C=O) groups excluding carboxylic acids is 1. The quantitative estimate of drug-likeness (QED) is 0.290. The summed E-state index contributed by atoms with van der Waals surface area (Å²) in [6.45, 7) is 7.46. The number of hydrogen-bond donors (Lipinski definition) is 1. The lowest BCUT2D eigenvalue weighted by molar-refractivity contribution is -0.385. The summed E-state index contributed by atoms with van der Waals surface area (Å²) in [5.41, 5.74) is 4.84. The van der Waals surface area contributed by atoms with Gasteiger partial charge in [0.05, 0.1) is 27.9 Å². The van der Waals surface area contributed by atoms with Crippen LogP contribution in [0.5, 0.6) is 0 Å². The summed E-state index contributed by atoms with van der Waals surface area (Å²) in [5, 5.41) is 23.8. The lowest BCUT2D eigenvalue weighted by Gasteiger charge is -2.10. The molecule has 11 nitrogen and oxygen atoms in total. The molecule has 36 heavy (non-hydrogen) atoms. The first kappa shape index (κ1) is 22.8. The Kier molecular flexibility index (Phi) is 5.51. The highest BCUT2D eigenvalue weighted by molar-refractivity contribution is 6.04. The summed E-state index contributed by atoms with van der Waals surface area (Å²) in [4.78, 5) is 32.6. The van der Waals surface area contributed by atoms with Gasteiger partial charge in [-0.25, -0.2) is 14.6 Å². The molecule has 0 saturated heterocycles. The molecule has 3 heterocycles. The Morgan fingerprint density at radius 3 is 2.53 bits per heavy atom. The van der Waals surface area contributed by atoms with Gasteiger partial charge in [0.1, 0.15) is 12.1 Å². The topological polar surface area (TPSA) is 134 Å². The zero-order valence-corrected chi connectivity index (χ0v) is 20.1. The monoisotopic (exact) mass is 482 g/mol. The number of nitrogens with one attached hydrogen (secondary N) is 1. The summed E-state index contributed by atoms with van der Waals surface area (Å²) in [6.07, 6.45) is 3.08. The summed E-state index contributed by atoms with van der Waals surface area (Å²) in [7, 11) is 0. The Labute approximate surface area is 205 Å². The number of nitro benzene ring substituents is 1. The van der Waals surface area contributed by atoms with E-state index >= 15 is 0 Å². The number of rotatable bonds is 5. The molecule has 0 aliphatic carbocycles. The highest BCUT2D eigenvalue weighted by Gasteiger charge is 2.20. The maximum atomic E-state index is 13.0. The van der Waals surface area contributed by atoms with E-state index in [2.05, 4.69) is 31.5 Å². The Morgan fingerprint density at radius 1 is 0.972 bits per heavy atom. The fourth-order valence-electron chi connectivity index (χ4n) is 4.11. The van der Waals surface area contributed by atoms with E-state index in [1.165, 1.54) is 17.1 Å². The highest BCUT2D eigenvalue weighted by atomic mass is 16.6. The van der Waals surface area contributed by atoms with Crippen molar-refractivity contribution in [2.24, 2.45) is 0 Å². The van der Waals surface area contributed by atoms with E-state index in [0.717, 1.165) is 16.8 Å². The lowest BCUT2D eigenvalue weighted by atomic mass is 10.1. The van der Waals surface area contributed by atoms with Crippen LogP contribution in [0.3, 0.4) is 0 Å². The van der Waals surface area contributed by atoms with E-state index < -0.39 is 10.8 Å². The van der Waals surface area contributed by atoms with Gasteiger partial charge in [-0.1, -0.05) is 23.8 Å². The number of nitro groups is 1. The second kappa shape index (κ2) is 8.69. The Balaban J connectivity index is 1.55. The van der Waals surface area contributed by atoms with Crippen molar-refractivity contribution in [1.82, 2.24) is 29.5 Å². The maximum absolute atomic E-state index is 13.0. The minimum absolute atomic E-state index is 0.122. The maximum Gasteiger partial charge on any atom is 0.273 e. The highest BCUT2D eigenvalue weighted by Crippen LogP contribution is 2.26. The molecule has 11 heteroatoms. The molecule has 0 aliphatic heterocycles. The van der Waals surface area contributed by atoms with Crippen LogP contribution >= 0.6 is 0 Å². The number of aromatic nitrogens is 6. The Hall–Kier alpha value is -4.93. The number of benzene rings is 2. The van der Waals surface area contributed by atoms with Crippen molar-refractivity contribution in [1.29, 1.82) is 0 Å². The third kappa shape index (κ3) is 3.96. The minimum atomic E-state index is -0.508. The van der Waals surface area contributed by atoms with Crippen LogP contribution in [0.25, 0.3) is 22.5 Å². The first-order chi connectivity index (χ1) is 17.2. The molecule has 5 rings (SSSR count). The molecule has 0 atom stereocenters. The molecule has 1 N–H and O–H groups in total. The molecular formula is C25H22N8O3. The van der Waals surface area contributed by atoms with Crippen molar-refractivity contribution in [3.8, 4) is 11.5 Å². The second-order valence-electron chi connectivity index (χ2n) is 8.58. The predicted octanol–water partition coefficient (Wildman–Crippen LogP) is 4.40. The normalized spacial score (nSPS) is 11.1. The largest absolute Gasteiger partial charge is 0.306 e. The zero-order valence-electron chi connectivity index (χ0n) is 20.1. The van der Waals surface area contributed by atoms with Crippen LogP contribution in [0.2, 0.25) is 0 Å². The molecule has 0 saturated carbocycles. The predicted molar refractivity (Wildman–Crippen MR) is 134 cm³/mol. The van der Waals surface area contributed by atoms with Crippen molar-refractivity contribution >= 4 is 28.4 Å². The number of nitrogens with zero attached hydrogens (tertiary/aromatic N) is 7. The molecule has 2 aromatic carbocycles. The number of anilines is 1. The smallest absolute Gasteiger partial charge is 0.273 e. The second-order valence-corrected chi connectivity index (χ2v) is 8.58. The van der Waals surface area contributed by atoms with Crippen LogP contribution in [-0.2, 0) is 0 Å².